The van der Waals surface area contributed by atoms with Gasteiger partial charge in [0.2, 0.25) is 5.69 Å². The van der Waals surface area contributed by atoms with E-state index in [2.05, 4.69) is 96.6 Å². The van der Waals surface area contributed by atoms with Crippen LogP contribution in [0, 0.1) is 12.3 Å². The molecule has 29 heavy (non-hydrogen) atoms. The molecule has 0 N–H and O–H groups in total. The van der Waals surface area contributed by atoms with Gasteiger partial charge in [-0.2, -0.15) is 0 Å². The van der Waals surface area contributed by atoms with Crippen LogP contribution in [0.15, 0.2) is 36.5 Å². The van der Waals surface area contributed by atoms with Crippen molar-refractivity contribution in [2.75, 3.05) is 0 Å². The van der Waals surface area contributed by atoms with Crippen LogP contribution in [0.2, 0.25) is 0 Å². The highest BCUT2D eigenvalue weighted by molar-refractivity contribution is 5.62. The van der Waals surface area contributed by atoms with Gasteiger partial charge in [-0.05, 0) is 85.0 Å². The van der Waals surface area contributed by atoms with Gasteiger partial charge in [-0.3, -0.25) is 0 Å². The molecule has 3 rings (SSSR count). The summed E-state index contributed by atoms with van der Waals surface area (Å²) in [5.41, 5.74) is 8.13. The summed E-state index contributed by atoms with van der Waals surface area (Å²) in [4.78, 5) is 0. The quantitative estimate of drug-likeness (QED) is 0.466. The van der Waals surface area contributed by atoms with Crippen molar-refractivity contribution in [2.45, 2.75) is 97.8 Å². The summed E-state index contributed by atoms with van der Waals surface area (Å²) >= 11 is 0. The minimum Gasteiger partial charge on any atom is -0.201 e. The molecule has 1 saturated carbocycles. The molecular formula is C28H42N+. The highest BCUT2D eigenvalue weighted by Gasteiger charge is 2.36. The van der Waals surface area contributed by atoms with Crippen molar-refractivity contribution in [3.05, 3.63) is 53.2 Å². The molecule has 0 saturated heterocycles. The van der Waals surface area contributed by atoms with E-state index in [0.717, 1.165) is 0 Å². The molecule has 1 aromatic heterocycles. The summed E-state index contributed by atoms with van der Waals surface area (Å²) in [7, 11) is 2.20. The summed E-state index contributed by atoms with van der Waals surface area (Å²) < 4.78 is 2.33. The molecule has 0 unspecified atom stereocenters. The third-order valence-corrected chi connectivity index (χ3v) is 8.30. The van der Waals surface area contributed by atoms with E-state index in [1.165, 1.54) is 66.5 Å². The Bertz CT molecular complexity index is 860. The predicted molar refractivity (Wildman–Crippen MR) is 125 cm³/mol. The number of pyridine rings is 1. The highest BCUT2D eigenvalue weighted by atomic mass is 14.9. The van der Waals surface area contributed by atoms with Crippen LogP contribution in [0.4, 0.5) is 0 Å². The lowest BCUT2D eigenvalue weighted by Gasteiger charge is -2.42. The lowest BCUT2D eigenvalue weighted by Crippen LogP contribution is -2.34. The monoisotopic (exact) mass is 392 g/mol. The fourth-order valence-electron chi connectivity index (χ4n) is 5.00. The zero-order chi connectivity index (χ0) is 21.4. The van der Waals surface area contributed by atoms with Crippen LogP contribution >= 0.6 is 0 Å². The Morgan fingerprint density at radius 2 is 1.55 bits per heavy atom. The molecular weight excluding hydrogens is 350 g/mol. The first kappa shape index (κ1) is 22.1. The smallest absolute Gasteiger partial charge is 0.201 e. The third-order valence-electron chi connectivity index (χ3n) is 8.30. The second-order valence-corrected chi connectivity index (χ2v) is 10.9. The first-order chi connectivity index (χ1) is 13.5. The largest absolute Gasteiger partial charge is 0.212 e. The van der Waals surface area contributed by atoms with Crippen LogP contribution in [0.25, 0.3) is 11.3 Å². The number of rotatable bonds is 5. The van der Waals surface area contributed by atoms with E-state index in [4.69, 9.17) is 0 Å². The van der Waals surface area contributed by atoms with Gasteiger partial charge in [0.05, 0.1) is 0 Å². The van der Waals surface area contributed by atoms with Gasteiger partial charge in [0, 0.05) is 17.2 Å². The minimum atomic E-state index is 0.262. The fourth-order valence-corrected chi connectivity index (χ4v) is 5.00. The van der Waals surface area contributed by atoms with Gasteiger partial charge >= 0.3 is 0 Å². The van der Waals surface area contributed by atoms with E-state index in [1.54, 1.807) is 0 Å². The van der Waals surface area contributed by atoms with E-state index in [1.807, 2.05) is 0 Å². The van der Waals surface area contributed by atoms with Gasteiger partial charge in [0.25, 0.3) is 0 Å². The maximum absolute atomic E-state index is 2.47. The number of aryl methyl sites for hydroxylation is 2. The number of benzene rings is 1. The van der Waals surface area contributed by atoms with Crippen molar-refractivity contribution in [2.24, 2.45) is 12.5 Å². The van der Waals surface area contributed by atoms with E-state index in [9.17, 15) is 0 Å². The van der Waals surface area contributed by atoms with Gasteiger partial charge in [-0.25, -0.2) is 4.57 Å². The Hall–Kier alpha value is -1.63. The topological polar surface area (TPSA) is 3.88 Å². The third kappa shape index (κ3) is 4.30. The molecule has 1 aliphatic rings. The van der Waals surface area contributed by atoms with Gasteiger partial charge in [-0.1, -0.05) is 53.7 Å². The lowest BCUT2D eigenvalue weighted by molar-refractivity contribution is -0.661. The molecule has 1 aliphatic carbocycles. The SMILES string of the molecule is CCC(C)(CC)c1ccc(-c2ccc(C3(C)CCC(C)(C)CC3)cc2C)[n+](C)c1. The van der Waals surface area contributed by atoms with Crippen LogP contribution < -0.4 is 4.57 Å². The first-order valence-electron chi connectivity index (χ1n) is 11.7. The van der Waals surface area contributed by atoms with Crippen molar-refractivity contribution >= 4 is 0 Å². The summed E-state index contributed by atoms with van der Waals surface area (Å²) in [6.45, 7) is 16.6. The van der Waals surface area contributed by atoms with Crippen molar-refractivity contribution < 1.29 is 4.57 Å². The second kappa shape index (κ2) is 7.89. The van der Waals surface area contributed by atoms with Crippen molar-refractivity contribution in [1.29, 1.82) is 0 Å². The van der Waals surface area contributed by atoms with E-state index in [0.29, 0.717) is 10.8 Å². The molecule has 0 radical (unpaired) electrons. The van der Waals surface area contributed by atoms with Crippen LogP contribution in [0.1, 0.15) is 96.8 Å². The molecule has 158 valence electrons. The van der Waals surface area contributed by atoms with E-state index < -0.39 is 0 Å². The van der Waals surface area contributed by atoms with Crippen LogP contribution in [-0.4, -0.2) is 0 Å². The zero-order valence-electron chi connectivity index (χ0n) is 20.2. The van der Waals surface area contributed by atoms with E-state index >= 15 is 0 Å². The zero-order valence-corrected chi connectivity index (χ0v) is 20.2. The van der Waals surface area contributed by atoms with Crippen molar-refractivity contribution in [1.82, 2.24) is 0 Å². The Morgan fingerprint density at radius 3 is 2.07 bits per heavy atom. The molecule has 0 atom stereocenters. The Morgan fingerprint density at radius 1 is 0.931 bits per heavy atom. The number of hydrogen-bond donors (Lipinski definition) is 0. The molecule has 0 bridgehead atoms. The van der Waals surface area contributed by atoms with Gasteiger partial charge in [0.1, 0.15) is 7.05 Å². The Balaban J connectivity index is 1.91. The van der Waals surface area contributed by atoms with Crippen LogP contribution in [0.3, 0.4) is 0 Å². The summed E-state index contributed by atoms with van der Waals surface area (Å²) in [6, 6.07) is 11.9. The molecule has 0 aliphatic heterocycles. The Labute approximate surface area is 179 Å². The Kier molecular flexibility index (Phi) is 6.01. The van der Waals surface area contributed by atoms with Gasteiger partial charge in [-0.15, -0.1) is 0 Å². The maximum atomic E-state index is 2.47. The fraction of sp³-hybridized carbons (Fsp3) is 0.607. The summed E-state index contributed by atoms with van der Waals surface area (Å²) in [5.74, 6) is 0. The maximum Gasteiger partial charge on any atom is 0.212 e. The van der Waals surface area contributed by atoms with Crippen molar-refractivity contribution in [3.8, 4) is 11.3 Å². The predicted octanol–water partition coefficient (Wildman–Crippen LogP) is 7.42. The summed E-state index contributed by atoms with van der Waals surface area (Å²) in [5, 5.41) is 0. The van der Waals surface area contributed by atoms with Crippen LogP contribution in [-0.2, 0) is 17.9 Å². The van der Waals surface area contributed by atoms with Crippen molar-refractivity contribution in [3.63, 3.8) is 0 Å². The number of nitrogens with zero attached hydrogens (tertiary/aromatic N) is 1. The normalized spacial score (nSPS) is 18.6. The second-order valence-electron chi connectivity index (χ2n) is 10.9. The van der Waals surface area contributed by atoms with E-state index in [-0.39, 0.29) is 5.41 Å². The number of aromatic nitrogens is 1. The molecule has 0 spiro atoms. The average molecular weight is 393 g/mol. The molecule has 1 heterocycles. The van der Waals surface area contributed by atoms with Gasteiger partial charge in [0.15, 0.2) is 6.20 Å². The molecule has 1 nitrogen and oxygen atoms in total. The molecule has 2 aromatic rings. The minimum absolute atomic E-state index is 0.262. The number of hydrogen-bond acceptors (Lipinski definition) is 0. The standard InChI is InChI=1S/C28H42N/c1-9-27(6,10-2)23-12-14-25(29(8)20-23)24-13-11-22(19-21(24)3)28(7)17-15-26(4,5)16-18-28/h11-14,19-20H,9-10,15-18H2,1-8H3/q+1. The molecule has 1 fully saturated rings. The van der Waals surface area contributed by atoms with Gasteiger partial charge < -0.3 is 0 Å². The average Bonchev–Trinajstić information content (AvgIpc) is 2.70. The summed E-state index contributed by atoms with van der Waals surface area (Å²) in [6.07, 6.45) is 9.95. The highest BCUT2D eigenvalue weighted by Crippen LogP contribution is 2.47. The molecule has 1 aromatic carbocycles. The van der Waals surface area contributed by atoms with Crippen LogP contribution in [0.5, 0.6) is 0 Å². The molecule has 0 amide bonds. The molecule has 1 heteroatoms. The lowest BCUT2D eigenvalue weighted by atomic mass is 9.63. The first-order valence-corrected chi connectivity index (χ1v) is 11.7.